The third kappa shape index (κ3) is 39.4. The van der Waals surface area contributed by atoms with Gasteiger partial charge in [0.25, 0.3) is 7.82 Å². The van der Waals surface area contributed by atoms with Crippen LogP contribution in [0.25, 0.3) is 0 Å². The maximum absolute atomic E-state index is 12.6. The zero-order valence-electron chi connectivity index (χ0n) is 35.0. The molecule has 0 aliphatic carbocycles. The van der Waals surface area contributed by atoms with Crippen LogP contribution in [-0.2, 0) is 32.7 Å². The van der Waals surface area contributed by atoms with Crippen molar-refractivity contribution in [1.29, 1.82) is 0 Å². The van der Waals surface area contributed by atoms with Gasteiger partial charge in [0.05, 0.1) is 33.9 Å². The van der Waals surface area contributed by atoms with Crippen LogP contribution in [0.2, 0.25) is 0 Å². The van der Waals surface area contributed by atoms with Gasteiger partial charge in [-0.15, -0.1) is 0 Å². The first-order valence-corrected chi connectivity index (χ1v) is 22.2. The number of carbonyl (C=O) groups excluding carboxylic acids is 2. The van der Waals surface area contributed by atoms with Gasteiger partial charge in [0.1, 0.15) is 19.8 Å². The van der Waals surface area contributed by atoms with Crippen LogP contribution in [0.3, 0.4) is 0 Å². The van der Waals surface area contributed by atoms with E-state index in [1.165, 1.54) is 44.9 Å². The second kappa shape index (κ2) is 35.8. The van der Waals surface area contributed by atoms with Gasteiger partial charge < -0.3 is 33.0 Å². The number of carbonyl (C=O) groups is 2. The van der Waals surface area contributed by atoms with Crippen molar-refractivity contribution in [2.75, 3.05) is 47.5 Å². The lowest BCUT2D eigenvalue weighted by Gasteiger charge is -2.28. The zero-order chi connectivity index (χ0) is 40.9. The van der Waals surface area contributed by atoms with Gasteiger partial charge in [0.2, 0.25) is 0 Å². The highest BCUT2D eigenvalue weighted by Crippen LogP contribution is 2.38. The standard InChI is InChI=1S/C44H76NO9P/c1-6-8-10-11-12-13-17-21-24-27-31-35-43(47)51-39-42(40-53-55(49,50)52-38-37-45(3,4)5)54-44(48)36-32-28-25-22-19-16-14-15-18-20-23-26-30-34-41(46)33-29-9-7-2/h9,15-16,18-19,23,25-26,28-30,34,41-42,46H,6-8,10-14,17,20-22,24,27,31-33,35-40H2,1-5H3/b18-15-,19-16-,26-23-,28-25-,29-9-,34-30-. The lowest BCUT2D eigenvalue weighted by molar-refractivity contribution is -0.870. The number of aliphatic hydroxyl groups excluding tert-OH is 1. The number of unbranched alkanes of at least 4 members (excludes halogenated alkanes) is 10. The van der Waals surface area contributed by atoms with Crippen molar-refractivity contribution in [2.24, 2.45) is 0 Å². The molecule has 0 radical (unpaired) electrons. The minimum Gasteiger partial charge on any atom is -0.756 e. The molecule has 11 heteroatoms. The molecule has 0 aromatic carbocycles. The van der Waals surface area contributed by atoms with Gasteiger partial charge in [0, 0.05) is 12.8 Å². The van der Waals surface area contributed by atoms with Crippen LogP contribution in [0, 0.1) is 0 Å². The minimum atomic E-state index is -4.65. The molecule has 0 spiro atoms. The fourth-order valence-electron chi connectivity index (χ4n) is 5.06. The highest BCUT2D eigenvalue weighted by molar-refractivity contribution is 7.45. The van der Waals surface area contributed by atoms with Crippen LogP contribution in [-0.4, -0.2) is 81.2 Å². The molecule has 0 saturated carbocycles. The van der Waals surface area contributed by atoms with Crippen LogP contribution >= 0.6 is 7.82 Å². The summed E-state index contributed by atoms with van der Waals surface area (Å²) in [5, 5.41) is 9.84. The molecule has 1 N–H and O–H groups in total. The topological polar surface area (TPSA) is 131 Å². The number of likely N-dealkylation sites (N-methyl/N-ethyl adjacent to an activating group) is 1. The van der Waals surface area contributed by atoms with Crippen molar-refractivity contribution in [2.45, 2.75) is 148 Å². The molecule has 0 bridgehead atoms. The van der Waals surface area contributed by atoms with E-state index in [1.807, 2.05) is 69.8 Å². The van der Waals surface area contributed by atoms with Crippen molar-refractivity contribution in [3.8, 4) is 0 Å². The third-order valence-corrected chi connectivity index (χ3v) is 9.30. The third-order valence-electron chi connectivity index (χ3n) is 8.33. The molecular weight excluding hydrogens is 717 g/mol. The Morgan fingerprint density at radius 2 is 1.27 bits per heavy atom. The number of esters is 2. The SMILES string of the molecule is CC/C=C\CC(O)/C=C\C=C/C/C=C\C/C=C\C/C=C\CCC(=O)OC(COC(=O)CCCCCCCCCCCCC)COP(=O)([O-])OCC[N+](C)(C)C. The number of phosphoric ester groups is 1. The molecule has 0 aliphatic heterocycles. The van der Waals surface area contributed by atoms with Gasteiger partial charge in [-0.2, -0.15) is 0 Å². The number of quaternary nitrogens is 1. The molecule has 0 fully saturated rings. The van der Waals surface area contributed by atoms with Crippen molar-refractivity contribution in [1.82, 2.24) is 0 Å². The van der Waals surface area contributed by atoms with E-state index in [2.05, 4.69) is 32.1 Å². The first kappa shape index (κ1) is 52.4. The Balaban J connectivity index is 4.57. The molecule has 0 aliphatic rings. The molecule has 0 aromatic rings. The van der Waals surface area contributed by atoms with E-state index in [9.17, 15) is 24.2 Å². The van der Waals surface area contributed by atoms with Crippen LogP contribution in [0.15, 0.2) is 72.9 Å². The largest absolute Gasteiger partial charge is 0.756 e. The summed E-state index contributed by atoms with van der Waals surface area (Å²) in [6.07, 6.45) is 39.9. The second-order valence-electron chi connectivity index (χ2n) is 14.8. The van der Waals surface area contributed by atoms with Crippen LogP contribution < -0.4 is 4.89 Å². The van der Waals surface area contributed by atoms with E-state index < -0.39 is 38.6 Å². The zero-order valence-corrected chi connectivity index (χ0v) is 35.8. The van der Waals surface area contributed by atoms with Gasteiger partial charge in [-0.1, -0.05) is 151 Å². The molecule has 10 nitrogen and oxygen atoms in total. The number of rotatable bonds is 36. The summed E-state index contributed by atoms with van der Waals surface area (Å²) in [6.45, 7) is 3.88. The molecule has 0 aromatic heterocycles. The van der Waals surface area contributed by atoms with E-state index in [-0.39, 0.29) is 26.1 Å². The molecule has 0 saturated heterocycles. The highest BCUT2D eigenvalue weighted by Gasteiger charge is 2.21. The monoisotopic (exact) mass is 794 g/mol. The van der Waals surface area contributed by atoms with Gasteiger partial charge in [-0.05, 0) is 44.9 Å². The minimum absolute atomic E-state index is 0.0541. The Bertz CT molecular complexity index is 1190. The van der Waals surface area contributed by atoms with E-state index in [0.717, 1.165) is 44.9 Å². The van der Waals surface area contributed by atoms with Crippen molar-refractivity contribution >= 4 is 19.8 Å². The average molecular weight is 794 g/mol. The van der Waals surface area contributed by atoms with E-state index in [1.54, 1.807) is 6.08 Å². The average Bonchev–Trinajstić information content (AvgIpc) is 3.12. The number of allylic oxidation sites excluding steroid dienone is 10. The Morgan fingerprint density at radius 1 is 0.691 bits per heavy atom. The number of ether oxygens (including phenoxy) is 2. The number of phosphoric acid groups is 1. The normalized spacial score (nSPS) is 15.0. The maximum atomic E-state index is 12.6. The molecular formula is C44H76NO9P. The smallest absolute Gasteiger partial charge is 0.306 e. The second-order valence-corrected chi connectivity index (χ2v) is 16.2. The van der Waals surface area contributed by atoms with E-state index >= 15 is 0 Å². The summed E-state index contributed by atoms with van der Waals surface area (Å²) in [6, 6.07) is 0. The van der Waals surface area contributed by atoms with Crippen molar-refractivity contribution in [3.05, 3.63) is 72.9 Å². The molecule has 3 atom stereocenters. The van der Waals surface area contributed by atoms with Crippen molar-refractivity contribution < 1.29 is 47.2 Å². The Kier molecular flexibility index (Phi) is 34.1. The van der Waals surface area contributed by atoms with Gasteiger partial charge in [-0.3, -0.25) is 14.2 Å². The number of hydrogen-bond acceptors (Lipinski definition) is 9. The Morgan fingerprint density at radius 3 is 1.87 bits per heavy atom. The molecule has 55 heavy (non-hydrogen) atoms. The first-order chi connectivity index (χ1) is 26.4. The van der Waals surface area contributed by atoms with Gasteiger partial charge in [0.15, 0.2) is 6.10 Å². The fraction of sp³-hybridized carbons (Fsp3) is 0.682. The summed E-state index contributed by atoms with van der Waals surface area (Å²) in [5.41, 5.74) is 0. The van der Waals surface area contributed by atoms with Crippen LogP contribution in [0.5, 0.6) is 0 Å². The molecule has 0 rings (SSSR count). The number of nitrogens with zero attached hydrogens (tertiary/aromatic N) is 1. The highest BCUT2D eigenvalue weighted by atomic mass is 31.2. The number of aliphatic hydroxyl groups is 1. The Labute approximate surface area is 334 Å². The van der Waals surface area contributed by atoms with Gasteiger partial charge >= 0.3 is 11.9 Å². The van der Waals surface area contributed by atoms with Crippen LogP contribution in [0.1, 0.15) is 136 Å². The van der Waals surface area contributed by atoms with E-state index in [4.69, 9.17) is 18.5 Å². The van der Waals surface area contributed by atoms with E-state index in [0.29, 0.717) is 30.3 Å². The predicted molar refractivity (Wildman–Crippen MR) is 223 cm³/mol. The summed E-state index contributed by atoms with van der Waals surface area (Å²) in [4.78, 5) is 37.4. The summed E-state index contributed by atoms with van der Waals surface area (Å²) in [5.74, 6) is -0.961. The van der Waals surface area contributed by atoms with Crippen molar-refractivity contribution in [3.63, 3.8) is 0 Å². The molecule has 316 valence electrons. The lowest BCUT2D eigenvalue weighted by Crippen LogP contribution is -2.37. The fourth-order valence-corrected chi connectivity index (χ4v) is 5.79. The maximum Gasteiger partial charge on any atom is 0.306 e. The van der Waals surface area contributed by atoms with Gasteiger partial charge in [-0.25, -0.2) is 0 Å². The first-order valence-electron chi connectivity index (χ1n) is 20.8. The summed E-state index contributed by atoms with van der Waals surface area (Å²) < 4.78 is 33.7. The summed E-state index contributed by atoms with van der Waals surface area (Å²) >= 11 is 0. The summed E-state index contributed by atoms with van der Waals surface area (Å²) in [7, 11) is 1.08. The quantitative estimate of drug-likeness (QED) is 0.0165. The molecule has 0 heterocycles. The van der Waals surface area contributed by atoms with Crippen LogP contribution in [0.4, 0.5) is 0 Å². The molecule has 0 amide bonds. The lowest BCUT2D eigenvalue weighted by atomic mass is 10.1. The number of hydrogen-bond donors (Lipinski definition) is 1. The Hall–Kier alpha value is -2.59. The predicted octanol–water partition coefficient (Wildman–Crippen LogP) is 9.80. The molecule has 3 unspecified atom stereocenters.